The number of esters is 1. The fourth-order valence-corrected chi connectivity index (χ4v) is 3.37. The Morgan fingerprint density at radius 3 is 2.42 bits per heavy atom. The van der Waals surface area contributed by atoms with Gasteiger partial charge in [0.15, 0.2) is 5.76 Å². The lowest BCUT2D eigenvalue weighted by molar-refractivity contribution is -0.137. The van der Waals surface area contributed by atoms with Crippen LogP contribution in [0.25, 0.3) is 28.5 Å². The molecule has 0 unspecified atom stereocenters. The maximum Gasteiger partial charge on any atom is 0.330 e. The lowest BCUT2D eigenvalue weighted by Crippen LogP contribution is -2.10. The van der Waals surface area contributed by atoms with Crippen LogP contribution in [0.5, 0.6) is 0 Å². The number of hydrogen-bond acceptors (Lipinski definition) is 4. The maximum atomic E-state index is 12.7. The number of furan rings is 1. The van der Waals surface area contributed by atoms with E-state index in [0.29, 0.717) is 18.1 Å². The zero-order valence-corrected chi connectivity index (χ0v) is 18.2. The number of rotatable bonds is 7. The molecule has 0 bridgehead atoms. The molecule has 1 aromatic heterocycles. The van der Waals surface area contributed by atoms with Crippen molar-refractivity contribution in [3.05, 3.63) is 108 Å². The molecule has 0 saturated carbocycles. The fourth-order valence-electron chi connectivity index (χ4n) is 3.37. The van der Waals surface area contributed by atoms with E-state index in [0.717, 1.165) is 22.3 Å². The molecule has 0 spiro atoms. The third-order valence-electron chi connectivity index (χ3n) is 4.93. The molecule has 1 N–H and O–H groups in total. The molecule has 1 heterocycles. The SMILES string of the molecule is CCOC(=O)/C=C/c1cccc(NC(=O)c2ccc(-c3cccc(-c4ccccc4)c3)o2)c1. The van der Waals surface area contributed by atoms with Crippen LogP contribution in [0.2, 0.25) is 0 Å². The number of ether oxygens (including phenoxy) is 1. The smallest absolute Gasteiger partial charge is 0.330 e. The lowest BCUT2D eigenvalue weighted by Gasteiger charge is -2.05. The molecule has 0 aliphatic carbocycles. The highest BCUT2D eigenvalue weighted by atomic mass is 16.5. The van der Waals surface area contributed by atoms with Crippen LogP contribution >= 0.6 is 0 Å². The Morgan fingerprint density at radius 1 is 0.848 bits per heavy atom. The molecule has 164 valence electrons. The molecule has 0 atom stereocenters. The topological polar surface area (TPSA) is 68.5 Å². The minimum absolute atomic E-state index is 0.211. The van der Waals surface area contributed by atoms with Gasteiger partial charge in [-0.3, -0.25) is 4.79 Å². The van der Waals surface area contributed by atoms with E-state index in [9.17, 15) is 9.59 Å². The summed E-state index contributed by atoms with van der Waals surface area (Å²) in [6.45, 7) is 2.07. The number of carbonyl (C=O) groups is 2. The number of hydrogen-bond donors (Lipinski definition) is 1. The van der Waals surface area contributed by atoms with Crippen LogP contribution in [0.4, 0.5) is 5.69 Å². The summed E-state index contributed by atoms with van der Waals surface area (Å²) in [5.74, 6) is 0.0602. The summed E-state index contributed by atoms with van der Waals surface area (Å²) < 4.78 is 10.7. The predicted octanol–water partition coefficient (Wildman–Crippen LogP) is 6.44. The first kappa shape index (κ1) is 21.8. The molecular weight excluding hydrogens is 414 g/mol. The summed E-state index contributed by atoms with van der Waals surface area (Å²) in [4.78, 5) is 24.2. The molecule has 0 saturated heterocycles. The predicted molar refractivity (Wildman–Crippen MR) is 130 cm³/mol. The van der Waals surface area contributed by atoms with Gasteiger partial charge in [0.25, 0.3) is 5.91 Å². The van der Waals surface area contributed by atoms with Crippen molar-refractivity contribution in [2.75, 3.05) is 11.9 Å². The van der Waals surface area contributed by atoms with E-state index in [1.165, 1.54) is 6.08 Å². The Kier molecular flexibility index (Phi) is 6.81. The van der Waals surface area contributed by atoms with Crippen molar-refractivity contribution in [1.29, 1.82) is 0 Å². The average Bonchev–Trinajstić information content (AvgIpc) is 3.35. The van der Waals surface area contributed by atoms with Crippen LogP contribution in [0.1, 0.15) is 23.0 Å². The molecule has 0 aliphatic rings. The summed E-state index contributed by atoms with van der Waals surface area (Å²) in [6, 6.07) is 28.7. The van der Waals surface area contributed by atoms with Crippen molar-refractivity contribution in [2.24, 2.45) is 0 Å². The number of anilines is 1. The van der Waals surface area contributed by atoms with Crippen LogP contribution in [-0.4, -0.2) is 18.5 Å². The Hall–Kier alpha value is -4.38. The summed E-state index contributed by atoms with van der Waals surface area (Å²) in [5.41, 5.74) is 4.43. The maximum absolute atomic E-state index is 12.7. The van der Waals surface area contributed by atoms with E-state index in [-0.39, 0.29) is 11.7 Å². The Balaban J connectivity index is 1.47. The third-order valence-corrected chi connectivity index (χ3v) is 4.93. The summed E-state index contributed by atoms with van der Waals surface area (Å²) >= 11 is 0. The minimum atomic E-state index is -0.411. The Bertz CT molecular complexity index is 1290. The number of benzene rings is 3. The molecular formula is C28H23NO4. The molecule has 1 amide bonds. The zero-order valence-electron chi connectivity index (χ0n) is 18.2. The van der Waals surface area contributed by atoms with E-state index < -0.39 is 5.97 Å². The van der Waals surface area contributed by atoms with Gasteiger partial charge in [0.2, 0.25) is 0 Å². The van der Waals surface area contributed by atoms with E-state index in [1.54, 1.807) is 43.3 Å². The van der Waals surface area contributed by atoms with E-state index in [2.05, 4.69) is 17.4 Å². The fraction of sp³-hybridized carbons (Fsp3) is 0.0714. The molecule has 4 rings (SSSR count). The molecule has 0 fully saturated rings. The van der Waals surface area contributed by atoms with Crippen molar-refractivity contribution < 1.29 is 18.7 Å². The molecule has 5 heteroatoms. The molecule has 33 heavy (non-hydrogen) atoms. The van der Waals surface area contributed by atoms with Crippen LogP contribution in [0, 0.1) is 0 Å². The van der Waals surface area contributed by atoms with Gasteiger partial charge in [-0.15, -0.1) is 0 Å². The monoisotopic (exact) mass is 437 g/mol. The second-order valence-electron chi connectivity index (χ2n) is 7.28. The van der Waals surface area contributed by atoms with Gasteiger partial charge in [-0.1, -0.05) is 60.7 Å². The number of amides is 1. The van der Waals surface area contributed by atoms with Crippen LogP contribution < -0.4 is 5.32 Å². The van der Waals surface area contributed by atoms with Gasteiger partial charge in [-0.25, -0.2) is 4.79 Å². The van der Waals surface area contributed by atoms with Gasteiger partial charge in [-0.2, -0.15) is 0 Å². The van der Waals surface area contributed by atoms with Gasteiger partial charge in [0, 0.05) is 17.3 Å². The first-order valence-electron chi connectivity index (χ1n) is 10.6. The first-order chi connectivity index (χ1) is 16.1. The van der Waals surface area contributed by atoms with Gasteiger partial charge in [0.1, 0.15) is 5.76 Å². The summed E-state index contributed by atoms with van der Waals surface area (Å²) in [7, 11) is 0. The Morgan fingerprint density at radius 2 is 1.61 bits per heavy atom. The van der Waals surface area contributed by atoms with Crippen LogP contribution in [-0.2, 0) is 9.53 Å². The van der Waals surface area contributed by atoms with Crippen molar-refractivity contribution in [2.45, 2.75) is 6.92 Å². The normalized spacial score (nSPS) is 10.8. The van der Waals surface area contributed by atoms with Crippen molar-refractivity contribution in [3.8, 4) is 22.5 Å². The molecule has 0 radical (unpaired) electrons. The average molecular weight is 437 g/mol. The van der Waals surface area contributed by atoms with Crippen LogP contribution in [0.15, 0.2) is 101 Å². The largest absolute Gasteiger partial charge is 0.463 e. The van der Waals surface area contributed by atoms with E-state index in [1.807, 2.05) is 48.5 Å². The van der Waals surface area contributed by atoms with Gasteiger partial charge < -0.3 is 14.5 Å². The summed E-state index contributed by atoms with van der Waals surface area (Å²) in [5, 5.41) is 2.83. The van der Waals surface area contributed by atoms with E-state index >= 15 is 0 Å². The lowest BCUT2D eigenvalue weighted by atomic mass is 10.0. The number of carbonyl (C=O) groups excluding carboxylic acids is 2. The molecule has 4 aromatic rings. The van der Waals surface area contributed by atoms with Gasteiger partial charge in [-0.05, 0) is 60.0 Å². The standard InChI is InChI=1S/C28H23NO4/c1-2-32-27(30)17-14-20-8-6-13-24(18-20)29-28(31)26-16-15-25(33-26)23-12-7-11-22(19-23)21-9-4-3-5-10-21/h3-19H,2H2,1H3,(H,29,31)/b17-14+. The highest BCUT2D eigenvalue weighted by Gasteiger charge is 2.13. The highest BCUT2D eigenvalue weighted by molar-refractivity contribution is 6.02. The number of nitrogens with one attached hydrogen (secondary N) is 1. The summed E-state index contributed by atoms with van der Waals surface area (Å²) in [6.07, 6.45) is 2.99. The van der Waals surface area contributed by atoms with Crippen molar-refractivity contribution in [3.63, 3.8) is 0 Å². The first-order valence-corrected chi connectivity index (χ1v) is 10.6. The Labute approximate surface area is 192 Å². The van der Waals surface area contributed by atoms with Crippen molar-refractivity contribution >= 4 is 23.6 Å². The van der Waals surface area contributed by atoms with Crippen molar-refractivity contribution in [1.82, 2.24) is 0 Å². The molecule has 0 aliphatic heterocycles. The zero-order chi connectivity index (χ0) is 23.0. The second kappa shape index (κ2) is 10.3. The van der Waals surface area contributed by atoms with E-state index in [4.69, 9.17) is 9.15 Å². The molecule has 3 aromatic carbocycles. The quantitative estimate of drug-likeness (QED) is 0.267. The third kappa shape index (κ3) is 5.66. The highest BCUT2D eigenvalue weighted by Crippen LogP contribution is 2.28. The van der Waals surface area contributed by atoms with Crippen LogP contribution in [0.3, 0.4) is 0 Å². The minimum Gasteiger partial charge on any atom is -0.463 e. The second-order valence-corrected chi connectivity index (χ2v) is 7.28. The molecule has 5 nitrogen and oxygen atoms in total. The van der Waals surface area contributed by atoms with Gasteiger partial charge >= 0.3 is 5.97 Å². The van der Waals surface area contributed by atoms with Gasteiger partial charge in [0.05, 0.1) is 6.61 Å².